The van der Waals surface area contributed by atoms with E-state index in [4.69, 9.17) is 4.74 Å². The number of carboxylic acid groups (broad SMARTS) is 2. The number of ether oxygens (including phenoxy) is 1. The van der Waals surface area contributed by atoms with Crippen molar-refractivity contribution in [2.45, 2.75) is 51.4 Å². The third-order valence-corrected chi connectivity index (χ3v) is 6.25. The van der Waals surface area contributed by atoms with Crippen molar-refractivity contribution in [3.63, 3.8) is 0 Å². The van der Waals surface area contributed by atoms with E-state index < -0.39 is 17.9 Å². The van der Waals surface area contributed by atoms with Crippen LogP contribution in [-0.4, -0.2) is 51.8 Å². The molecular formula is C24H25NO7. The van der Waals surface area contributed by atoms with Crippen molar-refractivity contribution in [1.82, 2.24) is 4.90 Å². The first kappa shape index (κ1) is 21.8. The van der Waals surface area contributed by atoms with E-state index in [1.54, 1.807) is 17.9 Å². The van der Waals surface area contributed by atoms with Gasteiger partial charge in [0.1, 0.15) is 12.3 Å². The Morgan fingerprint density at radius 2 is 1.59 bits per heavy atom. The number of Topliss-reactive ketones (excluding diaryl/α,β-unsaturated/α-hetero) is 2. The molecule has 1 aliphatic heterocycles. The molecule has 32 heavy (non-hydrogen) atoms. The van der Waals surface area contributed by atoms with Crippen LogP contribution < -0.4 is 4.74 Å². The quantitative estimate of drug-likeness (QED) is 0.693. The Hall–Kier alpha value is -3.42. The predicted octanol–water partition coefficient (Wildman–Crippen LogP) is 3.28. The molecule has 0 spiro atoms. The molecule has 0 amide bonds. The highest BCUT2D eigenvalue weighted by atomic mass is 16.5. The van der Waals surface area contributed by atoms with Gasteiger partial charge in [-0.3, -0.25) is 14.4 Å². The van der Waals surface area contributed by atoms with Crippen LogP contribution in [0.2, 0.25) is 0 Å². The SMILES string of the molecule is CCOc1ccc(C(=O)O)cc1C1C2=C(CCCC2=O)N(CC(=O)O)C2=C1C(=O)CCC2. The number of allylic oxidation sites excluding steroid dienone is 4. The van der Waals surface area contributed by atoms with Gasteiger partial charge in [-0.15, -0.1) is 0 Å². The van der Waals surface area contributed by atoms with Gasteiger partial charge in [0.25, 0.3) is 0 Å². The van der Waals surface area contributed by atoms with Gasteiger partial charge in [0, 0.05) is 46.9 Å². The fourth-order valence-electron chi connectivity index (χ4n) is 5.05. The van der Waals surface area contributed by atoms with Crippen LogP contribution >= 0.6 is 0 Å². The van der Waals surface area contributed by atoms with Crippen molar-refractivity contribution < 1.29 is 34.1 Å². The van der Waals surface area contributed by atoms with Gasteiger partial charge in [0.15, 0.2) is 11.6 Å². The highest BCUT2D eigenvalue weighted by Gasteiger charge is 2.44. The molecular weight excluding hydrogens is 414 g/mol. The van der Waals surface area contributed by atoms with Crippen LogP contribution in [-0.2, 0) is 14.4 Å². The highest BCUT2D eigenvalue weighted by Crippen LogP contribution is 2.50. The zero-order valence-electron chi connectivity index (χ0n) is 17.8. The van der Waals surface area contributed by atoms with E-state index in [2.05, 4.69) is 0 Å². The van der Waals surface area contributed by atoms with Crippen LogP contribution in [0.15, 0.2) is 40.7 Å². The number of nitrogens with zero attached hydrogens (tertiary/aromatic N) is 1. The smallest absolute Gasteiger partial charge is 0.335 e. The number of carbonyl (C=O) groups excluding carboxylic acids is 2. The Balaban J connectivity index is 2.01. The minimum atomic E-state index is -1.12. The maximum absolute atomic E-state index is 13.2. The first-order valence-electron chi connectivity index (χ1n) is 10.8. The topological polar surface area (TPSA) is 121 Å². The summed E-state index contributed by atoms with van der Waals surface area (Å²) in [6, 6.07) is 4.48. The highest BCUT2D eigenvalue weighted by molar-refractivity contribution is 6.06. The summed E-state index contributed by atoms with van der Waals surface area (Å²) in [6.07, 6.45) is 2.86. The van der Waals surface area contributed by atoms with E-state index in [-0.39, 0.29) is 23.7 Å². The summed E-state index contributed by atoms with van der Waals surface area (Å²) in [7, 11) is 0. The van der Waals surface area contributed by atoms with Crippen molar-refractivity contribution in [3.05, 3.63) is 51.9 Å². The molecule has 0 aromatic heterocycles. The Morgan fingerprint density at radius 3 is 2.09 bits per heavy atom. The van der Waals surface area contributed by atoms with E-state index in [0.717, 1.165) is 0 Å². The molecule has 2 aliphatic carbocycles. The molecule has 0 radical (unpaired) electrons. The lowest BCUT2D eigenvalue weighted by Gasteiger charge is -2.43. The standard InChI is InChI=1S/C24H25NO7/c1-2-32-19-10-9-13(24(30)31)11-14(19)21-22-15(5-3-7-17(22)26)25(12-20(28)29)16-6-4-8-18(27)23(16)21/h9-11,21H,2-8,12H2,1H3,(H,28,29)(H,30,31). The van der Waals surface area contributed by atoms with E-state index in [1.165, 1.54) is 12.1 Å². The molecule has 3 aliphatic rings. The molecule has 168 valence electrons. The van der Waals surface area contributed by atoms with Gasteiger partial charge < -0.3 is 19.8 Å². The number of carboxylic acids is 2. The number of rotatable bonds is 6. The summed E-state index contributed by atoms with van der Waals surface area (Å²) in [5, 5.41) is 19.1. The molecule has 0 bridgehead atoms. The average Bonchev–Trinajstić information content (AvgIpc) is 2.75. The normalized spacial score (nSPS) is 19.1. The summed E-state index contributed by atoms with van der Waals surface area (Å²) < 4.78 is 5.78. The number of carbonyl (C=O) groups is 4. The van der Waals surface area contributed by atoms with Gasteiger partial charge in [-0.2, -0.15) is 0 Å². The molecule has 0 atom stereocenters. The van der Waals surface area contributed by atoms with Crippen LogP contribution in [0.25, 0.3) is 0 Å². The zero-order chi connectivity index (χ0) is 23.0. The summed E-state index contributed by atoms with van der Waals surface area (Å²) in [4.78, 5) is 51.4. The molecule has 1 aromatic carbocycles. The molecule has 8 heteroatoms. The van der Waals surface area contributed by atoms with Crippen molar-refractivity contribution in [2.75, 3.05) is 13.2 Å². The summed E-state index contributed by atoms with van der Waals surface area (Å²) in [5.41, 5.74) is 2.56. The summed E-state index contributed by atoms with van der Waals surface area (Å²) in [5.74, 6) is -2.78. The lowest BCUT2D eigenvalue weighted by Crippen LogP contribution is -2.41. The second-order valence-electron chi connectivity index (χ2n) is 8.18. The predicted molar refractivity (Wildman–Crippen MR) is 113 cm³/mol. The molecule has 8 nitrogen and oxygen atoms in total. The number of aliphatic carboxylic acids is 1. The van der Waals surface area contributed by atoms with Crippen LogP contribution in [0.4, 0.5) is 0 Å². The molecule has 0 fully saturated rings. The lowest BCUT2D eigenvalue weighted by molar-refractivity contribution is -0.138. The van der Waals surface area contributed by atoms with E-state index in [1.807, 2.05) is 0 Å². The fraction of sp³-hybridized carbons (Fsp3) is 0.417. The molecule has 4 rings (SSSR count). The molecule has 0 saturated carbocycles. The lowest BCUT2D eigenvalue weighted by atomic mass is 9.70. The zero-order valence-corrected chi connectivity index (χ0v) is 17.8. The molecule has 1 aromatic rings. The third-order valence-electron chi connectivity index (χ3n) is 6.25. The van der Waals surface area contributed by atoms with Crippen molar-refractivity contribution >= 4 is 23.5 Å². The van der Waals surface area contributed by atoms with Gasteiger partial charge in [-0.25, -0.2) is 4.79 Å². The van der Waals surface area contributed by atoms with Crippen molar-refractivity contribution in [1.29, 1.82) is 0 Å². The van der Waals surface area contributed by atoms with Gasteiger partial charge in [0.05, 0.1) is 12.2 Å². The second kappa shape index (κ2) is 8.61. The minimum absolute atomic E-state index is 0.0345. The molecule has 1 heterocycles. The van der Waals surface area contributed by atoms with Gasteiger partial charge in [-0.05, 0) is 50.8 Å². The summed E-state index contributed by atoms with van der Waals surface area (Å²) in [6.45, 7) is 1.81. The first-order chi connectivity index (χ1) is 15.3. The minimum Gasteiger partial charge on any atom is -0.494 e. The Kier molecular flexibility index (Phi) is 5.86. The maximum atomic E-state index is 13.2. The second-order valence-corrected chi connectivity index (χ2v) is 8.18. The third kappa shape index (κ3) is 3.70. The van der Waals surface area contributed by atoms with Crippen LogP contribution in [0.5, 0.6) is 5.75 Å². The molecule has 0 unspecified atom stereocenters. The number of hydrogen-bond acceptors (Lipinski definition) is 6. The van der Waals surface area contributed by atoms with E-state index in [9.17, 15) is 29.4 Å². The van der Waals surface area contributed by atoms with Crippen molar-refractivity contribution in [2.24, 2.45) is 0 Å². The number of ketones is 2. The largest absolute Gasteiger partial charge is 0.494 e. The van der Waals surface area contributed by atoms with E-state index in [0.29, 0.717) is 79.0 Å². The fourth-order valence-corrected chi connectivity index (χ4v) is 5.05. The van der Waals surface area contributed by atoms with Crippen LogP contribution in [0.1, 0.15) is 67.3 Å². The van der Waals surface area contributed by atoms with Gasteiger partial charge >= 0.3 is 11.9 Å². The maximum Gasteiger partial charge on any atom is 0.335 e. The van der Waals surface area contributed by atoms with Crippen LogP contribution in [0.3, 0.4) is 0 Å². The number of aromatic carboxylic acids is 1. The van der Waals surface area contributed by atoms with Crippen LogP contribution in [0, 0.1) is 0 Å². The Labute approximate surface area is 185 Å². The van der Waals surface area contributed by atoms with Crippen molar-refractivity contribution in [3.8, 4) is 5.75 Å². The average molecular weight is 439 g/mol. The van der Waals surface area contributed by atoms with Gasteiger partial charge in [0.2, 0.25) is 0 Å². The molecule has 2 N–H and O–H groups in total. The number of hydrogen-bond donors (Lipinski definition) is 2. The van der Waals surface area contributed by atoms with E-state index >= 15 is 0 Å². The Morgan fingerprint density at radius 1 is 1.00 bits per heavy atom. The monoisotopic (exact) mass is 439 g/mol. The van der Waals surface area contributed by atoms with Gasteiger partial charge in [-0.1, -0.05) is 0 Å². The summed E-state index contributed by atoms with van der Waals surface area (Å²) >= 11 is 0. The molecule has 0 saturated heterocycles. The number of benzene rings is 1. The Bertz CT molecular complexity index is 1040. The first-order valence-corrected chi connectivity index (χ1v) is 10.8.